The van der Waals surface area contributed by atoms with E-state index < -0.39 is 0 Å². The molecule has 0 amide bonds. The summed E-state index contributed by atoms with van der Waals surface area (Å²) in [7, 11) is 0. The van der Waals surface area contributed by atoms with Crippen LogP contribution in [0.4, 0.5) is 0 Å². The first-order valence-corrected chi connectivity index (χ1v) is 5.10. The van der Waals surface area contributed by atoms with Gasteiger partial charge in [-0.25, -0.2) is 4.98 Å². The van der Waals surface area contributed by atoms with Gasteiger partial charge in [0.05, 0.1) is 4.47 Å². The number of aromatic nitrogens is 2. The monoisotopic (exact) mass is 272 g/mol. The summed E-state index contributed by atoms with van der Waals surface area (Å²) >= 11 is 9.03. The smallest absolute Gasteiger partial charge is 0.259 e. The number of aryl methyl sites for hydroxylation is 1. The van der Waals surface area contributed by atoms with Gasteiger partial charge in [-0.15, -0.1) is 0 Å². The highest BCUT2D eigenvalue weighted by Gasteiger charge is 2.04. The number of halogens is 2. The van der Waals surface area contributed by atoms with E-state index in [-0.39, 0.29) is 10.7 Å². The molecule has 0 saturated heterocycles. The Kier molecular flexibility index (Phi) is 2.33. The quantitative estimate of drug-likeness (QED) is 0.691. The second kappa shape index (κ2) is 3.37. The van der Waals surface area contributed by atoms with E-state index in [1.807, 2.05) is 13.0 Å². The van der Waals surface area contributed by atoms with Crippen LogP contribution in [0.3, 0.4) is 0 Å². The highest BCUT2D eigenvalue weighted by molar-refractivity contribution is 9.10. The van der Waals surface area contributed by atoms with E-state index in [0.29, 0.717) is 5.65 Å². The molecule has 0 bridgehead atoms. The summed E-state index contributed by atoms with van der Waals surface area (Å²) in [4.78, 5) is 15.6. The van der Waals surface area contributed by atoms with Crippen LogP contribution in [0, 0.1) is 6.92 Å². The molecule has 2 rings (SSSR count). The number of fused-ring (bicyclic) bond motifs is 1. The molecule has 0 fully saturated rings. The Bertz CT molecular complexity index is 564. The van der Waals surface area contributed by atoms with Gasteiger partial charge in [0.1, 0.15) is 5.15 Å². The van der Waals surface area contributed by atoms with Crippen molar-refractivity contribution in [2.75, 3.05) is 0 Å². The van der Waals surface area contributed by atoms with Crippen LogP contribution in [0.2, 0.25) is 5.15 Å². The number of pyridine rings is 1. The molecular weight excluding hydrogens is 267 g/mol. The highest BCUT2D eigenvalue weighted by Crippen LogP contribution is 2.17. The van der Waals surface area contributed by atoms with Crippen LogP contribution in [0.5, 0.6) is 0 Å². The summed E-state index contributed by atoms with van der Waals surface area (Å²) in [6.07, 6.45) is 1.73. The first kappa shape index (κ1) is 9.68. The van der Waals surface area contributed by atoms with Crippen LogP contribution < -0.4 is 5.56 Å². The molecule has 0 aliphatic carbocycles. The van der Waals surface area contributed by atoms with E-state index in [9.17, 15) is 4.79 Å². The van der Waals surface area contributed by atoms with E-state index in [4.69, 9.17) is 11.6 Å². The second-order valence-electron chi connectivity index (χ2n) is 2.98. The van der Waals surface area contributed by atoms with Crippen LogP contribution in [-0.4, -0.2) is 9.38 Å². The molecule has 2 aromatic rings. The molecular formula is C9H6BrClN2O. The van der Waals surface area contributed by atoms with Crippen molar-refractivity contribution in [3.63, 3.8) is 0 Å². The van der Waals surface area contributed by atoms with Crippen molar-refractivity contribution >= 4 is 33.2 Å². The van der Waals surface area contributed by atoms with Gasteiger partial charge >= 0.3 is 0 Å². The lowest BCUT2D eigenvalue weighted by Crippen LogP contribution is -2.14. The third-order valence-electron chi connectivity index (χ3n) is 1.82. The first-order chi connectivity index (χ1) is 6.58. The molecule has 0 unspecified atom stereocenters. The zero-order chi connectivity index (χ0) is 10.3. The van der Waals surface area contributed by atoms with Crippen LogP contribution >= 0.6 is 27.5 Å². The van der Waals surface area contributed by atoms with Gasteiger partial charge in [-0.3, -0.25) is 9.20 Å². The van der Waals surface area contributed by atoms with Crippen molar-refractivity contribution in [2.24, 2.45) is 0 Å². The Balaban J connectivity index is 3.02. The Hall–Kier alpha value is -0.870. The summed E-state index contributed by atoms with van der Waals surface area (Å²) in [6, 6.07) is 3.18. The SMILES string of the molecule is Cc1cc(Br)c2nc(Cl)cc(=O)n2c1. The zero-order valence-corrected chi connectivity index (χ0v) is 9.63. The average Bonchev–Trinajstić information content (AvgIpc) is 2.07. The minimum atomic E-state index is -0.176. The number of hydrogen-bond acceptors (Lipinski definition) is 2. The van der Waals surface area contributed by atoms with E-state index in [1.165, 1.54) is 10.5 Å². The molecule has 72 valence electrons. The molecule has 0 aliphatic heterocycles. The van der Waals surface area contributed by atoms with Gasteiger partial charge in [0.15, 0.2) is 5.65 Å². The van der Waals surface area contributed by atoms with Crippen LogP contribution in [0.15, 0.2) is 27.6 Å². The molecule has 0 spiro atoms. The molecule has 0 atom stereocenters. The van der Waals surface area contributed by atoms with E-state index in [1.54, 1.807) is 6.20 Å². The second-order valence-corrected chi connectivity index (χ2v) is 4.22. The predicted octanol–water partition coefficient (Wildman–Crippen LogP) is 2.42. The number of nitrogens with zero attached hydrogens (tertiary/aromatic N) is 2. The van der Waals surface area contributed by atoms with Gasteiger partial charge in [0, 0.05) is 12.3 Å². The largest absolute Gasteiger partial charge is 0.269 e. The standard InChI is InChI=1S/C9H6BrClN2O/c1-5-2-6(10)9-12-7(11)3-8(14)13(9)4-5/h2-4H,1H3. The first-order valence-electron chi connectivity index (χ1n) is 3.93. The summed E-state index contributed by atoms with van der Waals surface area (Å²) in [5.74, 6) is 0. The summed E-state index contributed by atoms with van der Waals surface area (Å²) < 4.78 is 2.22. The molecule has 2 aromatic heterocycles. The third-order valence-corrected chi connectivity index (χ3v) is 2.60. The van der Waals surface area contributed by atoms with Crippen molar-refractivity contribution in [3.8, 4) is 0 Å². The van der Waals surface area contributed by atoms with Gasteiger partial charge in [-0.05, 0) is 34.5 Å². The van der Waals surface area contributed by atoms with Crippen LogP contribution in [0.25, 0.3) is 5.65 Å². The Morgan fingerprint density at radius 1 is 1.50 bits per heavy atom. The van der Waals surface area contributed by atoms with Crippen LogP contribution in [-0.2, 0) is 0 Å². The molecule has 3 nitrogen and oxygen atoms in total. The normalized spacial score (nSPS) is 10.8. The van der Waals surface area contributed by atoms with Crippen molar-refractivity contribution in [2.45, 2.75) is 6.92 Å². The average molecular weight is 274 g/mol. The van der Waals surface area contributed by atoms with Gasteiger partial charge in [0.2, 0.25) is 0 Å². The molecule has 5 heteroatoms. The topological polar surface area (TPSA) is 34.4 Å². The molecule has 0 aromatic carbocycles. The number of hydrogen-bond donors (Lipinski definition) is 0. The molecule has 14 heavy (non-hydrogen) atoms. The lowest BCUT2D eigenvalue weighted by molar-refractivity contribution is 1.03. The predicted molar refractivity (Wildman–Crippen MR) is 58.9 cm³/mol. The Labute approximate surface area is 93.5 Å². The molecule has 0 aliphatic rings. The fraction of sp³-hybridized carbons (Fsp3) is 0.111. The molecule has 0 N–H and O–H groups in total. The minimum absolute atomic E-state index is 0.176. The Morgan fingerprint density at radius 2 is 2.21 bits per heavy atom. The van der Waals surface area contributed by atoms with Gasteiger partial charge in [0.25, 0.3) is 5.56 Å². The number of rotatable bonds is 0. The van der Waals surface area contributed by atoms with Crippen molar-refractivity contribution < 1.29 is 0 Å². The molecule has 0 saturated carbocycles. The van der Waals surface area contributed by atoms with Gasteiger partial charge in [-0.2, -0.15) is 0 Å². The minimum Gasteiger partial charge on any atom is -0.269 e. The summed E-state index contributed by atoms with van der Waals surface area (Å²) in [6.45, 7) is 1.91. The van der Waals surface area contributed by atoms with E-state index >= 15 is 0 Å². The highest BCUT2D eigenvalue weighted by atomic mass is 79.9. The Morgan fingerprint density at radius 3 is 2.93 bits per heavy atom. The lowest BCUT2D eigenvalue weighted by atomic mass is 10.3. The molecule has 2 heterocycles. The fourth-order valence-corrected chi connectivity index (χ4v) is 2.08. The third kappa shape index (κ3) is 1.55. The van der Waals surface area contributed by atoms with Gasteiger partial charge in [-0.1, -0.05) is 11.6 Å². The van der Waals surface area contributed by atoms with Crippen molar-refractivity contribution in [1.82, 2.24) is 9.38 Å². The van der Waals surface area contributed by atoms with Crippen molar-refractivity contribution in [1.29, 1.82) is 0 Å². The van der Waals surface area contributed by atoms with Crippen LogP contribution in [0.1, 0.15) is 5.56 Å². The summed E-state index contributed by atoms with van der Waals surface area (Å²) in [5.41, 5.74) is 1.34. The zero-order valence-electron chi connectivity index (χ0n) is 7.29. The molecule has 0 radical (unpaired) electrons. The van der Waals surface area contributed by atoms with Gasteiger partial charge < -0.3 is 0 Å². The lowest BCUT2D eigenvalue weighted by Gasteiger charge is -2.03. The van der Waals surface area contributed by atoms with E-state index in [2.05, 4.69) is 20.9 Å². The van der Waals surface area contributed by atoms with E-state index in [0.717, 1.165) is 10.0 Å². The maximum absolute atomic E-state index is 11.5. The maximum Gasteiger partial charge on any atom is 0.259 e. The fourth-order valence-electron chi connectivity index (χ4n) is 1.26. The van der Waals surface area contributed by atoms with Crippen molar-refractivity contribution in [3.05, 3.63) is 43.9 Å². The maximum atomic E-state index is 11.5. The summed E-state index contributed by atoms with van der Waals surface area (Å²) in [5, 5.41) is 0.208.